The average molecular weight is 281 g/mol. The highest BCUT2D eigenvalue weighted by molar-refractivity contribution is 7.80. The van der Waals surface area contributed by atoms with E-state index in [0.717, 1.165) is 0 Å². The van der Waals surface area contributed by atoms with Crippen LogP contribution in [0.2, 0.25) is 0 Å². The molecule has 0 radical (unpaired) electrons. The van der Waals surface area contributed by atoms with E-state index in [0.29, 0.717) is 5.69 Å². The Bertz CT molecular complexity index is 576. The van der Waals surface area contributed by atoms with Crippen molar-refractivity contribution in [1.29, 1.82) is 0 Å². The van der Waals surface area contributed by atoms with Crippen LogP contribution in [0.1, 0.15) is 12.5 Å². The SMILES string of the molecule is CC1C(=O)NC(=O)CN1c1ccc(C(N)=S)c(F)c1. The number of nitrogens with two attached hydrogens (primary N) is 1. The van der Waals surface area contributed by atoms with Crippen molar-refractivity contribution in [3.63, 3.8) is 0 Å². The first kappa shape index (κ1) is 13.4. The van der Waals surface area contributed by atoms with E-state index in [9.17, 15) is 14.0 Å². The summed E-state index contributed by atoms with van der Waals surface area (Å²) in [5, 5.41) is 2.22. The minimum absolute atomic E-state index is 0.00123. The molecule has 2 rings (SSSR count). The van der Waals surface area contributed by atoms with Crippen molar-refractivity contribution in [3.05, 3.63) is 29.6 Å². The van der Waals surface area contributed by atoms with Crippen LogP contribution in [0, 0.1) is 5.82 Å². The van der Waals surface area contributed by atoms with Gasteiger partial charge in [0.2, 0.25) is 11.8 Å². The highest BCUT2D eigenvalue weighted by Gasteiger charge is 2.30. The Morgan fingerprint density at radius 2 is 2.21 bits per heavy atom. The van der Waals surface area contributed by atoms with Crippen LogP contribution in [0.5, 0.6) is 0 Å². The lowest BCUT2D eigenvalue weighted by molar-refractivity contribution is -0.132. The number of carbonyl (C=O) groups is 2. The fourth-order valence-corrected chi connectivity index (χ4v) is 2.08. The van der Waals surface area contributed by atoms with E-state index in [-0.39, 0.29) is 17.1 Å². The summed E-state index contributed by atoms with van der Waals surface area (Å²) in [4.78, 5) is 24.4. The molecular formula is C12H12FN3O2S. The number of hydrogen-bond donors (Lipinski definition) is 2. The van der Waals surface area contributed by atoms with Gasteiger partial charge in [0.1, 0.15) is 16.8 Å². The van der Waals surface area contributed by atoms with Gasteiger partial charge < -0.3 is 10.6 Å². The first-order valence-corrected chi connectivity index (χ1v) is 6.00. The van der Waals surface area contributed by atoms with E-state index >= 15 is 0 Å². The predicted molar refractivity (Wildman–Crippen MR) is 72.2 cm³/mol. The molecule has 1 saturated heterocycles. The minimum atomic E-state index is -0.573. The molecule has 1 heterocycles. The van der Waals surface area contributed by atoms with E-state index in [1.54, 1.807) is 13.0 Å². The van der Waals surface area contributed by atoms with Gasteiger partial charge in [0, 0.05) is 11.3 Å². The third kappa shape index (κ3) is 2.55. The Kier molecular flexibility index (Phi) is 3.48. The number of rotatable bonds is 2. The van der Waals surface area contributed by atoms with E-state index in [4.69, 9.17) is 18.0 Å². The fourth-order valence-electron chi connectivity index (χ4n) is 1.91. The number of imide groups is 1. The molecule has 0 bridgehead atoms. The number of anilines is 1. The number of amides is 2. The van der Waals surface area contributed by atoms with Gasteiger partial charge in [0.25, 0.3) is 0 Å². The molecule has 1 fully saturated rings. The van der Waals surface area contributed by atoms with E-state index in [1.807, 2.05) is 0 Å². The Labute approximate surface area is 114 Å². The highest BCUT2D eigenvalue weighted by Crippen LogP contribution is 2.22. The van der Waals surface area contributed by atoms with Crippen LogP contribution in [0.15, 0.2) is 18.2 Å². The first-order valence-electron chi connectivity index (χ1n) is 5.60. The number of piperazine rings is 1. The van der Waals surface area contributed by atoms with Crippen LogP contribution in [-0.2, 0) is 9.59 Å². The predicted octanol–water partition coefficient (Wildman–Crippen LogP) is 0.311. The van der Waals surface area contributed by atoms with Gasteiger partial charge in [-0.3, -0.25) is 14.9 Å². The maximum Gasteiger partial charge on any atom is 0.249 e. The maximum absolute atomic E-state index is 13.8. The summed E-state index contributed by atoms with van der Waals surface area (Å²) in [5.74, 6) is -1.40. The third-order valence-electron chi connectivity index (χ3n) is 2.97. The van der Waals surface area contributed by atoms with Crippen LogP contribution in [0.4, 0.5) is 10.1 Å². The second-order valence-electron chi connectivity index (χ2n) is 4.24. The van der Waals surface area contributed by atoms with Crippen LogP contribution >= 0.6 is 12.2 Å². The van der Waals surface area contributed by atoms with Gasteiger partial charge in [-0.1, -0.05) is 12.2 Å². The highest BCUT2D eigenvalue weighted by atomic mass is 32.1. The molecule has 1 aliphatic heterocycles. The second kappa shape index (κ2) is 4.93. The molecule has 0 saturated carbocycles. The minimum Gasteiger partial charge on any atom is -0.389 e. The van der Waals surface area contributed by atoms with E-state index < -0.39 is 23.7 Å². The Morgan fingerprint density at radius 1 is 1.53 bits per heavy atom. The zero-order valence-electron chi connectivity index (χ0n) is 10.1. The van der Waals surface area contributed by atoms with Crippen LogP contribution in [-0.4, -0.2) is 29.4 Å². The molecule has 1 unspecified atom stereocenters. The molecule has 5 nitrogen and oxygen atoms in total. The smallest absolute Gasteiger partial charge is 0.249 e. The molecule has 1 aromatic carbocycles. The van der Waals surface area contributed by atoms with Gasteiger partial charge in [-0.2, -0.15) is 0 Å². The summed E-state index contributed by atoms with van der Waals surface area (Å²) in [6.07, 6.45) is 0. The Balaban J connectivity index is 2.36. The lowest BCUT2D eigenvalue weighted by Crippen LogP contribution is -2.57. The Hall–Kier alpha value is -2.02. The second-order valence-corrected chi connectivity index (χ2v) is 4.68. The molecule has 0 aromatic heterocycles. The van der Waals surface area contributed by atoms with Crippen LogP contribution in [0.3, 0.4) is 0 Å². The zero-order chi connectivity index (χ0) is 14.2. The molecule has 1 aliphatic rings. The maximum atomic E-state index is 13.8. The third-order valence-corrected chi connectivity index (χ3v) is 3.19. The van der Waals surface area contributed by atoms with Gasteiger partial charge in [-0.25, -0.2) is 4.39 Å². The molecular weight excluding hydrogens is 269 g/mol. The molecule has 0 spiro atoms. The van der Waals surface area contributed by atoms with Crippen molar-refractivity contribution in [3.8, 4) is 0 Å². The van der Waals surface area contributed by atoms with Gasteiger partial charge in [0.15, 0.2) is 0 Å². The number of thiocarbonyl (C=S) groups is 1. The van der Waals surface area contributed by atoms with Crippen LogP contribution < -0.4 is 16.0 Å². The van der Waals surface area contributed by atoms with Crippen LogP contribution in [0.25, 0.3) is 0 Å². The molecule has 100 valence electrons. The number of nitrogens with one attached hydrogen (secondary N) is 1. The summed E-state index contributed by atoms with van der Waals surface area (Å²) in [6.45, 7) is 1.64. The van der Waals surface area contributed by atoms with Gasteiger partial charge >= 0.3 is 0 Å². The first-order chi connectivity index (χ1) is 8.90. The summed E-state index contributed by atoms with van der Waals surface area (Å²) in [7, 11) is 0. The van der Waals surface area contributed by atoms with E-state index in [2.05, 4.69) is 5.32 Å². The Morgan fingerprint density at radius 3 is 2.79 bits per heavy atom. The van der Waals surface area contributed by atoms with Gasteiger partial charge in [-0.05, 0) is 25.1 Å². The molecule has 3 N–H and O–H groups in total. The topological polar surface area (TPSA) is 75.4 Å². The fraction of sp³-hybridized carbons (Fsp3) is 0.250. The number of nitrogens with zero attached hydrogens (tertiary/aromatic N) is 1. The van der Waals surface area contributed by atoms with Crippen molar-refractivity contribution in [2.45, 2.75) is 13.0 Å². The molecule has 1 aromatic rings. The van der Waals surface area contributed by atoms with Gasteiger partial charge in [0.05, 0.1) is 6.54 Å². The normalized spacial score (nSPS) is 19.3. The van der Waals surface area contributed by atoms with Gasteiger partial charge in [-0.15, -0.1) is 0 Å². The molecule has 19 heavy (non-hydrogen) atoms. The standard InChI is InChI=1S/C12H12FN3O2S/c1-6-12(18)15-10(17)5-16(6)7-2-3-8(11(14)19)9(13)4-7/h2-4,6H,5H2,1H3,(H2,14,19)(H,15,17,18). The summed E-state index contributed by atoms with van der Waals surface area (Å²) < 4.78 is 13.8. The van der Waals surface area contributed by atoms with Crippen molar-refractivity contribution in [2.24, 2.45) is 5.73 Å². The lowest BCUT2D eigenvalue weighted by Gasteiger charge is -2.33. The lowest BCUT2D eigenvalue weighted by atomic mass is 10.1. The molecule has 1 atom stereocenters. The summed E-state index contributed by atoms with van der Waals surface area (Å²) in [5.41, 5.74) is 5.95. The van der Waals surface area contributed by atoms with E-state index in [1.165, 1.54) is 17.0 Å². The van der Waals surface area contributed by atoms with Crippen molar-refractivity contribution >= 4 is 34.7 Å². The van der Waals surface area contributed by atoms with Crippen molar-refractivity contribution in [2.75, 3.05) is 11.4 Å². The number of benzene rings is 1. The quantitative estimate of drug-likeness (QED) is 0.603. The summed E-state index contributed by atoms with van der Waals surface area (Å²) in [6, 6.07) is 3.70. The summed E-state index contributed by atoms with van der Waals surface area (Å²) >= 11 is 4.72. The van der Waals surface area contributed by atoms with Crippen molar-refractivity contribution in [1.82, 2.24) is 5.32 Å². The molecule has 7 heteroatoms. The average Bonchev–Trinajstić information content (AvgIpc) is 2.33. The number of hydrogen-bond acceptors (Lipinski definition) is 4. The number of halogens is 1. The molecule has 2 amide bonds. The molecule has 0 aliphatic carbocycles. The van der Waals surface area contributed by atoms with Crippen molar-refractivity contribution < 1.29 is 14.0 Å². The zero-order valence-corrected chi connectivity index (χ0v) is 11.0. The monoisotopic (exact) mass is 281 g/mol. The number of carbonyl (C=O) groups excluding carboxylic acids is 2. The largest absolute Gasteiger partial charge is 0.389 e.